The standard InChI is InChI=1S/C18H21N3O6S/c1-20(2)28(25,26)16-9-7-15(8-10-16)27-12-11-19-18(22)13-14-5-3-4-6-17(14)21(23)24/h3-10H,11-13H2,1-2H3,(H,19,22). The van der Waals surface area contributed by atoms with Gasteiger partial charge in [-0.1, -0.05) is 18.2 Å². The molecule has 1 N–H and O–H groups in total. The lowest BCUT2D eigenvalue weighted by molar-refractivity contribution is -0.385. The number of benzene rings is 2. The molecule has 0 radical (unpaired) electrons. The maximum absolute atomic E-state index is 12.0. The number of hydrogen-bond donors (Lipinski definition) is 1. The predicted octanol–water partition coefficient (Wildman–Crippen LogP) is 1.58. The van der Waals surface area contributed by atoms with Crippen molar-refractivity contribution in [1.29, 1.82) is 0 Å². The van der Waals surface area contributed by atoms with E-state index in [0.717, 1.165) is 4.31 Å². The van der Waals surface area contributed by atoms with E-state index in [4.69, 9.17) is 4.74 Å². The van der Waals surface area contributed by atoms with Gasteiger partial charge < -0.3 is 10.1 Å². The SMILES string of the molecule is CN(C)S(=O)(=O)c1ccc(OCCNC(=O)Cc2ccccc2[N+](=O)[O-])cc1. The molecule has 0 aromatic heterocycles. The van der Waals surface area contributed by atoms with Gasteiger partial charge in [0.25, 0.3) is 5.69 Å². The van der Waals surface area contributed by atoms with Gasteiger partial charge in [0.1, 0.15) is 12.4 Å². The Hall–Kier alpha value is -2.98. The summed E-state index contributed by atoms with van der Waals surface area (Å²) < 4.78 is 30.6. The topological polar surface area (TPSA) is 119 Å². The van der Waals surface area contributed by atoms with Crippen molar-refractivity contribution in [3.8, 4) is 5.75 Å². The van der Waals surface area contributed by atoms with Gasteiger partial charge in [-0.05, 0) is 24.3 Å². The molecule has 0 heterocycles. The number of rotatable bonds is 9. The number of nitro groups is 1. The fraction of sp³-hybridized carbons (Fsp3) is 0.278. The first-order chi connectivity index (χ1) is 13.2. The number of para-hydroxylation sites is 1. The minimum Gasteiger partial charge on any atom is -0.492 e. The molecule has 0 bridgehead atoms. The normalized spacial score (nSPS) is 11.2. The molecule has 0 saturated carbocycles. The highest BCUT2D eigenvalue weighted by atomic mass is 32.2. The summed E-state index contributed by atoms with van der Waals surface area (Å²) in [6.45, 7) is 0.375. The maximum Gasteiger partial charge on any atom is 0.273 e. The van der Waals surface area contributed by atoms with E-state index < -0.39 is 14.9 Å². The molecule has 0 atom stereocenters. The monoisotopic (exact) mass is 407 g/mol. The fourth-order valence-electron chi connectivity index (χ4n) is 2.35. The number of hydrogen-bond acceptors (Lipinski definition) is 6. The third kappa shape index (κ3) is 5.51. The zero-order chi connectivity index (χ0) is 20.7. The third-order valence-electron chi connectivity index (χ3n) is 3.83. The van der Waals surface area contributed by atoms with Gasteiger partial charge in [0.05, 0.1) is 22.8 Å². The second-order valence-electron chi connectivity index (χ2n) is 6.02. The van der Waals surface area contributed by atoms with Gasteiger partial charge in [-0.3, -0.25) is 14.9 Å². The van der Waals surface area contributed by atoms with Crippen LogP contribution in [0.3, 0.4) is 0 Å². The highest BCUT2D eigenvalue weighted by Crippen LogP contribution is 2.19. The molecule has 0 spiro atoms. The summed E-state index contributed by atoms with van der Waals surface area (Å²) in [4.78, 5) is 22.5. The van der Waals surface area contributed by atoms with Crippen molar-refractivity contribution in [2.45, 2.75) is 11.3 Å². The second kappa shape index (κ2) is 9.29. The first kappa shape index (κ1) is 21.3. The summed E-state index contributed by atoms with van der Waals surface area (Å²) in [6, 6.07) is 12.0. The lowest BCUT2D eigenvalue weighted by Crippen LogP contribution is -2.29. The van der Waals surface area contributed by atoms with Crippen molar-refractivity contribution < 1.29 is 22.9 Å². The van der Waals surface area contributed by atoms with Crippen molar-refractivity contribution in [2.75, 3.05) is 27.2 Å². The average Bonchev–Trinajstić information content (AvgIpc) is 2.65. The van der Waals surface area contributed by atoms with Crippen molar-refractivity contribution >= 4 is 21.6 Å². The minimum atomic E-state index is -3.50. The van der Waals surface area contributed by atoms with Gasteiger partial charge >= 0.3 is 0 Å². The molecule has 9 nitrogen and oxygen atoms in total. The molecule has 10 heteroatoms. The quantitative estimate of drug-likeness (QED) is 0.383. The number of amides is 1. The Morgan fingerprint density at radius 3 is 2.39 bits per heavy atom. The van der Waals surface area contributed by atoms with E-state index in [1.54, 1.807) is 12.1 Å². The highest BCUT2D eigenvalue weighted by Gasteiger charge is 2.17. The number of nitrogens with one attached hydrogen (secondary N) is 1. The number of carbonyl (C=O) groups excluding carboxylic acids is 1. The fourth-order valence-corrected chi connectivity index (χ4v) is 3.25. The number of nitro benzene ring substituents is 1. The molecule has 2 aromatic carbocycles. The van der Waals surface area contributed by atoms with Gasteiger partial charge in [-0.25, -0.2) is 12.7 Å². The van der Waals surface area contributed by atoms with E-state index in [-0.39, 0.29) is 36.1 Å². The van der Waals surface area contributed by atoms with E-state index in [9.17, 15) is 23.3 Å². The molecule has 1 amide bonds. The highest BCUT2D eigenvalue weighted by molar-refractivity contribution is 7.89. The lowest BCUT2D eigenvalue weighted by atomic mass is 10.1. The molecule has 0 saturated heterocycles. The van der Waals surface area contributed by atoms with Gasteiger partial charge in [0.15, 0.2) is 0 Å². The summed E-state index contributed by atoms with van der Waals surface area (Å²) in [5, 5.41) is 13.6. The molecule has 0 aliphatic carbocycles. The Morgan fingerprint density at radius 2 is 1.79 bits per heavy atom. The molecule has 2 aromatic rings. The van der Waals surface area contributed by atoms with Crippen LogP contribution >= 0.6 is 0 Å². The molecule has 0 unspecified atom stereocenters. The van der Waals surface area contributed by atoms with Crippen LogP contribution in [0, 0.1) is 10.1 Å². The Bertz CT molecular complexity index is 942. The first-order valence-corrected chi connectivity index (χ1v) is 9.80. The molecular weight excluding hydrogens is 386 g/mol. The van der Waals surface area contributed by atoms with Crippen molar-refractivity contribution in [3.05, 3.63) is 64.2 Å². The van der Waals surface area contributed by atoms with Crippen molar-refractivity contribution in [1.82, 2.24) is 9.62 Å². The summed E-state index contributed by atoms with van der Waals surface area (Å²) in [5.41, 5.74) is 0.241. The Morgan fingerprint density at radius 1 is 1.14 bits per heavy atom. The van der Waals surface area contributed by atoms with Crippen LogP contribution in [-0.4, -0.2) is 50.8 Å². The molecule has 0 aliphatic heterocycles. The number of nitrogens with zero attached hydrogens (tertiary/aromatic N) is 2. The molecule has 0 fully saturated rings. The lowest BCUT2D eigenvalue weighted by Gasteiger charge is -2.12. The van der Waals surface area contributed by atoms with E-state index >= 15 is 0 Å². The summed E-state index contributed by atoms with van der Waals surface area (Å²) in [6.07, 6.45) is -0.103. The van der Waals surface area contributed by atoms with Crippen LogP contribution in [-0.2, 0) is 21.2 Å². The van der Waals surface area contributed by atoms with E-state index in [1.165, 1.54) is 50.5 Å². The maximum atomic E-state index is 12.0. The van der Waals surface area contributed by atoms with Crippen LogP contribution in [0.5, 0.6) is 5.75 Å². The van der Waals surface area contributed by atoms with Crippen LogP contribution < -0.4 is 10.1 Å². The van der Waals surface area contributed by atoms with Crippen LogP contribution in [0.25, 0.3) is 0 Å². The minimum absolute atomic E-state index is 0.0957. The summed E-state index contributed by atoms with van der Waals surface area (Å²) >= 11 is 0. The molecular formula is C18H21N3O6S. The van der Waals surface area contributed by atoms with Gasteiger partial charge in [-0.15, -0.1) is 0 Å². The molecule has 28 heavy (non-hydrogen) atoms. The van der Waals surface area contributed by atoms with E-state index in [2.05, 4.69) is 5.32 Å². The molecule has 2 rings (SSSR count). The van der Waals surface area contributed by atoms with Gasteiger partial charge in [-0.2, -0.15) is 0 Å². The van der Waals surface area contributed by atoms with Crippen LogP contribution in [0.1, 0.15) is 5.56 Å². The zero-order valence-electron chi connectivity index (χ0n) is 15.5. The third-order valence-corrected chi connectivity index (χ3v) is 5.66. The van der Waals surface area contributed by atoms with Gasteiger partial charge in [0, 0.05) is 25.7 Å². The van der Waals surface area contributed by atoms with Crippen molar-refractivity contribution in [2.24, 2.45) is 0 Å². The van der Waals surface area contributed by atoms with Crippen LogP contribution in [0.2, 0.25) is 0 Å². The van der Waals surface area contributed by atoms with Crippen LogP contribution in [0.15, 0.2) is 53.4 Å². The Labute approximate surface area is 163 Å². The zero-order valence-corrected chi connectivity index (χ0v) is 16.3. The smallest absolute Gasteiger partial charge is 0.273 e. The average molecular weight is 407 g/mol. The predicted molar refractivity (Wildman–Crippen MR) is 103 cm³/mol. The summed E-state index contributed by atoms with van der Waals surface area (Å²) in [7, 11) is -0.595. The first-order valence-electron chi connectivity index (χ1n) is 8.36. The van der Waals surface area contributed by atoms with Gasteiger partial charge in [0.2, 0.25) is 15.9 Å². The number of ether oxygens (including phenoxy) is 1. The van der Waals surface area contributed by atoms with E-state index in [0.29, 0.717) is 11.3 Å². The van der Waals surface area contributed by atoms with E-state index in [1.807, 2.05) is 0 Å². The summed E-state index contributed by atoms with van der Waals surface area (Å²) in [5.74, 6) is 0.107. The number of carbonyl (C=O) groups is 1. The second-order valence-corrected chi connectivity index (χ2v) is 8.17. The molecule has 150 valence electrons. The van der Waals surface area contributed by atoms with Crippen molar-refractivity contribution in [3.63, 3.8) is 0 Å². The Balaban J connectivity index is 1.82. The number of sulfonamides is 1. The Kier molecular flexibility index (Phi) is 7.07. The largest absolute Gasteiger partial charge is 0.492 e. The van der Waals surface area contributed by atoms with Crippen LogP contribution in [0.4, 0.5) is 5.69 Å². The molecule has 0 aliphatic rings.